The molecule has 0 atom stereocenters. The van der Waals surface area contributed by atoms with Gasteiger partial charge in [0.2, 0.25) is 14.0 Å². The fourth-order valence-corrected chi connectivity index (χ4v) is 2.67. The molecule has 150 valence electrons. The van der Waals surface area contributed by atoms with Crippen LogP contribution in [0.5, 0.6) is 0 Å². The van der Waals surface area contributed by atoms with Crippen molar-refractivity contribution in [1.29, 1.82) is 0 Å². The van der Waals surface area contributed by atoms with E-state index in [1.807, 2.05) is 0 Å². The Morgan fingerprint density at radius 1 is 0.929 bits per heavy atom. The maximum absolute atomic E-state index is 12.3. The molecule has 2 amide bonds. The zero-order chi connectivity index (χ0) is 21.1. The first-order chi connectivity index (χ1) is 13.0. The van der Waals surface area contributed by atoms with E-state index in [1.54, 1.807) is 0 Å². The van der Waals surface area contributed by atoms with Gasteiger partial charge in [-0.05, 0) is 12.1 Å². The molecule has 0 radical (unpaired) electrons. The molecule has 1 aromatic carbocycles. The lowest BCUT2D eigenvalue weighted by atomic mass is 10.1. The van der Waals surface area contributed by atoms with Crippen LogP contribution in [0, 0.1) is 0 Å². The third-order valence-electron chi connectivity index (χ3n) is 3.25. The smallest absolute Gasteiger partial charge is 0.260 e. The topological polar surface area (TPSA) is 76.1 Å². The molecule has 0 aliphatic heterocycles. The van der Waals surface area contributed by atoms with Crippen molar-refractivity contribution in [3.8, 4) is 11.4 Å². The van der Waals surface area contributed by atoms with Gasteiger partial charge in [0.25, 0.3) is 5.91 Å². The first kappa shape index (κ1) is 23.7. The van der Waals surface area contributed by atoms with E-state index in [0.717, 1.165) is 4.90 Å². The number of halogens is 7. The van der Waals surface area contributed by atoms with Crippen molar-refractivity contribution in [3.63, 3.8) is 0 Å². The predicted molar refractivity (Wildman–Crippen MR) is 112 cm³/mol. The fraction of sp³-hybridized carbons (Fsp3) is 0.267. The fourth-order valence-electron chi connectivity index (χ4n) is 1.98. The second-order valence-corrected chi connectivity index (χ2v) is 10.1. The molecule has 0 saturated carbocycles. The lowest BCUT2D eigenvalue weighted by molar-refractivity contribution is -0.115. The van der Waals surface area contributed by atoms with Gasteiger partial charge in [0.05, 0.1) is 0 Å². The molecule has 1 aromatic heterocycles. The quantitative estimate of drug-likeness (QED) is 0.405. The number of hydrogen-bond acceptors (Lipinski definition) is 5. The second-order valence-electron chi connectivity index (χ2n) is 5.17. The van der Waals surface area contributed by atoms with E-state index in [1.165, 1.54) is 24.3 Å². The first-order valence-electron chi connectivity index (χ1n) is 7.30. The zero-order valence-corrected chi connectivity index (χ0v) is 18.8. The summed E-state index contributed by atoms with van der Waals surface area (Å²) in [4.78, 5) is 36.3. The van der Waals surface area contributed by atoms with Crippen LogP contribution in [-0.2, 0) is 12.4 Å². The molecule has 6 nitrogen and oxygen atoms in total. The summed E-state index contributed by atoms with van der Waals surface area (Å²) in [6.07, 6.45) is 0.408. The third-order valence-corrected chi connectivity index (χ3v) is 4.43. The van der Waals surface area contributed by atoms with Gasteiger partial charge in [-0.15, -0.1) is 11.6 Å². The van der Waals surface area contributed by atoms with Crippen LogP contribution in [0.15, 0.2) is 24.3 Å². The van der Waals surface area contributed by atoms with Crippen LogP contribution in [-0.4, -0.2) is 44.6 Å². The Bertz CT molecular complexity index is 834. The Labute approximate surface area is 195 Å². The Morgan fingerprint density at radius 2 is 1.43 bits per heavy atom. The number of carbonyl (C=O) groups is 2. The zero-order valence-electron chi connectivity index (χ0n) is 13.6. The van der Waals surface area contributed by atoms with E-state index < -0.39 is 13.5 Å². The molecule has 1 heterocycles. The largest absolute Gasteiger partial charge is 0.280 e. The van der Waals surface area contributed by atoms with Gasteiger partial charge in [-0.3, -0.25) is 14.5 Å². The van der Waals surface area contributed by atoms with Crippen LogP contribution in [0.4, 0.5) is 0 Å². The number of alkyl halides is 7. The van der Waals surface area contributed by atoms with Crippen LogP contribution in [0.1, 0.15) is 22.0 Å². The van der Waals surface area contributed by atoms with E-state index >= 15 is 0 Å². The van der Waals surface area contributed by atoms with Gasteiger partial charge < -0.3 is 0 Å². The van der Waals surface area contributed by atoms with Crippen LogP contribution in [0.25, 0.3) is 11.4 Å². The molecule has 13 heteroatoms. The van der Waals surface area contributed by atoms with Crippen LogP contribution >= 0.6 is 81.2 Å². The Hall–Kier alpha value is -0.600. The Kier molecular flexibility index (Phi) is 8.01. The summed E-state index contributed by atoms with van der Waals surface area (Å²) in [5.74, 6) is -0.810. The Balaban J connectivity index is 2.45. The number of amides is 2. The molecular formula is C15H9Cl7N4O2. The molecule has 0 aliphatic carbocycles. The molecular weight excluding hydrogens is 516 g/mol. The van der Waals surface area contributed by atoms with E-state index in [4.69, 9.17) is 81.2 Å². The van der Waals surface area contributed by atoms with E-state index in [0.29, 0.717) is 12.0 Å². The van der Waals surface area contributed by atoms with Crippen molar-refractivity contribution in [2.75, 3.05) is 12.4 Å². The monoisotopic (exact) mass is 522 g/mol. The van der Waals surface area contributed by atoms with Crippen LogP contribution in [0.3, 0.4) is 0 Å². The molecule has 0 saturated heterocycles. The van der Waals surface area contributed by atoms with Gasteiger partial charge in [0.1, 0.15) is 0 Å². The van der Waals surface area contributed by atoms with Crippen molar-refractivity contribution in [2.45, 2.75) is 7.59 Å². The summed E-state index contributed by atoms with van der Waals surface area (Å²) in [5, 5.41) is 0. The van der Waals surface area contributed by atoms with Crippen molar-refractivity contribution in [3.05, 3.63) is 41.5 Å². The summed E-state index contributed by atoms with van der Waals surface area (Å²) < 4.78 is -3.96. The highest BCUT2D eigenvalue weighted by atomic mass is 35.6. The molecule has 0 aliphatic rings. The van der Waals surface area contributed by atoms with Gasteiger partial charge in [0.15, 0.2) is 17.5 Å². The SMILES string of the molecule is O=CN(CCCl)C(=O)c1ccc(-c2nc(C(Cl)(Cl)Cl)nc(C(Cl)(Cl)Cl)n2)cc1. The van der Waals surface area contributed by atoms with Gasteiger partial charge in [-0.1, -0.05) is 81.7 Å². The van der Waals surface area contributed by atoms with Crippen molar-refractivity contribution in [1.82, 2.24) is 19.9 Å². The molecule has 28 heavy (non-hydrogen) atoms. The number of imide groups is 1. The number of benzene rings is 1. The number of carbonyl (C=O) groups excluding carboxylic acids is 2. The van der Waals surface area contributed by atoms with E-state index in [-0.39, 0.29) is 35.5 Å². The average molecular weight is 525 g/mol. The van der Waals surface area contributed by atoms with Crippen molar-refractivity contribution < 1.29 is 9.59 Å². The van der Waals surface area contributed by atoms with Gasteiger partial charge >= 0.3 is 0 Å². The van der Waals surface area contributed by atoms with Gasteiger partial charge in [-0.2, -0.15) is 0 Å². The second kappa shape index (κ2) is 9.47. The molecule has 0 bridgehead atoms. The molecule has 2 aromatic rings. The lowest BCUT2D eigenvalue weighted by Gasteiger charge is -2.16. The highest BCUT2D eigenvalue weighted by Gasteiger charge is 2.34. The minimum absolute atomic E-state index is 0.0599. The summed E-state index contributed by atoms with van der Waals surface area (Å²) in [5.41, 5.74) is 0.679. The maximum Gasteiger partial charge on any atom is 0.260 e. The van der Waals surface area contributed by atoms with Gasteiger partial charge in [-0.25, -0.2) is 15.0 Å². The van der Waals surface area contributed by atoms with Crippen molar-refractivity contribution >= 4 is 93.5 Å². The van der Waals surface area contributed by atoms with Crippen LogP contribution < -0.4 is 0 Å². The molecule has 2 rings (SSSR count). The number of nitrogens with zero attached hydrogens (tertiary/aromatic N) is 4. The number of rotatable bonds is 5. The number of aromatic nitrogens is 3. The van der Waals surface area contributed by atoms with E-state index in [9.17, 15) is 9.59 Å². The standard InChI is InChI=1S/C15H9Cl7N4O2/c16-5-6-26(7-27)11(28)9-3-1-8(2-4-9)10-23-12(14(17,18)19)25-13(24-10)15(20,21)22/h1-4,7H,5-6H2. The van der Waals surface area contributed by atoms with Crippen LogP contribution in [0.2, 0.25) is 0 Å². The molecule has 0 N–H and O–H groups in total. The number of hydrogen-bond donors (Lipinski definition) is 0. The third kappa shape index (κ3) is 5.95. The van der Waals surface area contributed by atoms with Crippen molar-refractivity contribution in [2.24, 2.45) is 0 Å². The average Bonchev–Trinajstić information content (AvgIpc) is 2.64. The maximum atomic E-state index is 12.3. The molecule has 0 spiro atoms. The summed E-state index contributed by atoms with van der Waals surface area (Å²) in [7, 11) is 0. The summed E-state index contributed by atoms with van der Waals surface area (Å²) in [6.45, 7) is 0.0817. The normalized spacial score (nSPS) is 12.0. The predicted octanol–water partition coefficient (Wildman–Crippen LogP) is 5.03. The Morgan fingerprint density at radius 3 is 1.82 bits per heavy atom. The minimum Gasteiger partial charge on any atom is -0.280 e. The first-order valence-corrected chi connectivity index (χ1v) is 10.1. The summed E-state index contributed by atoms with van der Waals surface area (Å²) >= 11 is 40.6. The lowest BCUT2D eigenvalue weighted by Crippen LogP contribution is -2.31. The van der Waals surface area contributed by atoms with Gasteiger partial charge in [0, 0.05) is 23.6 Å². The van der Waals surface area contributed by atoms with E-state index in [2.05, 4.69) is 15.0 Å². The minimum atomic E-state index is -1.98. The molecule has 0 unspecified atom stereocenters. The molecule has 0 fully saturated rings. The highest BCUT2D eigenvalue weighted by Crippen LogP contribution is 2.40. The highest BCUT2D eigenvalue weighted by molar-refractivity contribution is 6.67. The summed E-state index contributed by atoms with van der Waals surface area (Å²) in [6, 6.07) is 5.99.